The summed E-state index contributed by atoms with van der Waals surface area (Å²) >= 11 is 1.47. The molecule has 6 heteroatoms. The van der Waals surface area contributed by atoms with Crippen LogP contribution in [0.25, 0.3) is 0 Å². The van der Waals surface area contributed by atoms with Crippen LogP contribution in [0.4, 0.5) is 5.13 Å². The van der Waals surface area contributed by atoms with Gasteiger partial charge in [0.2, 0.25) is 5.13 Å². The van der Waals surface area contributed by atoms with Crippen LogP contribution in [0.1, 0.15) is 31.0 Å². The van der Waals surface area contributed by atoms with Crippen LogP contribution in [0.15, 0.2) is 18.5 Å². The van der Waals surface area contributed by atoms with E-state index in [1.165, 1.54) is 24.4 Å². The van der Waals surface area contributed by atoms with Gasteiger partial charge >= 0.3 is 0 Å². The highest BCUT2D eigenvalue weighted by Gasteiger charge is 2.27. The van der Waals surface area contributed by atoms with E-state index in [-0.39, 0.29) is 0 Å². The summed E-state index contributed by atoms with van der Waals surface area (Å²) in [6.45, 7) is 1.85. The number of anilines is 1. The summed E-state index contributed by atoms with van der Waals surface area (Å²) in [5.74, 6) is 1.68. The summed E-state index contributed by atoms with van der Waals surface area (Å²) in [6, 6.07) is 1.94. The van der Waals surface area contributed by atoms with E-state index in [2.05, 4.69) is 19.8 Å². The van der Waals surface area contributed by atoms with Crippen LogP contribution >= 0.6 is 11.5 Å². The minimum atomic E-state index is 0.644. The van der Waals surface area contributed by atoms with Gasteiger partial charge in [-0.25, -0.2) is 4.98 Å². The van der Waals surface area contributed by atoms with Gasteiger partial charge in [0.05, 0.1) is 0 Å². The fraction of sp³-hybridized carbons (Fsp3) is 0.545. The van der Waals surface area contributed by atoms with Crippen molar-refractivity contribution in [1.82, 2.24) is 19.1 Å². The molecule has 1 fully saturated rings. The Kier molecular flexibility index (Phi) is 3.04. The van der Waals surface area contributed by atoms with Crippen LogP contribution in [0.5, 0.6) is 0 Å². The van der Waals surface area contributed by atoms with Crippen molar-refractivity contribution < 1.29 is 0 Å². The predicted molar refractivity (Wildman–Crippen MR) is 67.2 cm³/mol. The minimum absolute atomic E-state index is 0.644. The lowest BCUT2D eigenvalue weighted by Crippen LogP contribution is -2.06. The van der Waals surface area contributed by atoms with Crippen molar-refractivity contribution in [2.24, 2.45) is 0 Å². The van der Waals surface area contributed by atoms with Crippen LogP contribution in [0.2, 0.25) is 0 Å². The van der Waals surface area contributed by atoms with Crippen molar-refractivity contribution in [2.75, 3.05) is 11.9 Å². The third-order valence-corrected chi connectivity index (χ3v) is 3.47. The van der Waals surface area contributed by atoms with Gasteiger partial charge in [-0.15, -0.1) is 0 Å². The number of rotatable bonds is 6. The van der Waals surface area contributed by atoms with Crippen LogP contribution in [-0.2, 0) is 6.54 Å². The van der Waals surface area contributed by atoms with Gasteiger partial charge in [-0.1, -0.05) is 0 Å². The maximum Gasteiger partial charge on any atom is 0.202 e. The molecule has 3 rings (SSSR count). The molecule has 1 aliphatic carbocycles. The highest BCUT2D eigenvalue weighted by Crippen LogP contribution is 2.39. The molecule has 1 N–H and O–H groups in total. The van der Waals surface area contributed by atoms with Gasteiger partial charge in [0.1, 0.15) is 5.82 Å². The Morgan fingerprint density at radius 3 is 3.18 bits per heavy atom. The van der Waals surface area contributed by atoms with Gasteiger partial charge in [0.15, 0.2) is 0 Å². The SMILES string of the molecule is c1cnn(CCCNc2nc(C3CC3)ns2)c1. The van der Waals surface area contributed by atoms with Crippen molar-refractivity contribution >= 4 is 16.7 Å². The Bertz CT molecular complexity index is 460. The molecule has 2 heterocycles. The molecule has 17 heavy (non-hydrogen) atoms. The lowest BCUT2D eigenvalue weighted by Gasteiger charge is -2.02. The van der Waals surface area contributed by atoms with E-state index < -0.39 is 0 Å². The summed E-state index contributed by atoms with van der Waals surface area (Å²) in [4.78, 5) is 4.48. The van der Waals surface area contributed by atoms with Crippen molar-refractivity contribution in [3.8, 4) is 0 Å². The minimum Gasteiger partial charge on any atom is -0.360 e. The second-order valence-corrected chi connectivity index (χ2v) is 5.03. The Morgan fingerprint density at radius 2 is 2.41 bits per heavy atom. The summed E-state index contributed by atoms with van der Waals surface area (Å²) in [5, 5.41) is 8.43. The Labute approximate surface area is 104 Å². The van der Waals surface area contributed by atoms with Crippen molar-refractivity contribution in [2.45, 2.75) is 31.7 Å². The van der Waals surface area contributed by atoms with E-state index in [0.717, 1.165) is 30.5 Å². The molecule has 0 saturated heterocycles. The lowest BCUT2D eigenvalue weighted by molar-refractivity contribution is 0.591. The molecule has 0 spiro atoms. The molecule has 0 atom stereocenters. The monoisotopic (exact) mass is 249 g/mol. The Morgan fingerprint density at radius 1 is 1.47 bits per heavy atom. The molecule has 0 bridgehead atoms. The average molecular weight is 249 g/mol. The molecule has 2 aromatic rings. The van der Waals surface area contributed by atoms with Crippen LogP contribution in [-0.4, -0.2) is 25.7 Å². The van der Waals surface area contributed by atoms with Gasteiger partial charge in [-0.05, 0) is 25.3 Å². The van der Waals surface area contributed by atoms with Crippen molar-refractivity contribution in [3.63, 3.8) is 0 Å². The highest BCUT2D eigenvalue weighted by atomic mass is 32.1. The van der Waals surface area contributed by atoms with E-state index in [1.807, 2.05) is 16.9 Å². The zero-order chi connectivity index (χ0) is 11.5. The second kappa shape index (κ2) is 4.83. The largest absolute Gasteiger partial charge is 0.360 e. The number of hydrogen-bond donors (Lipinski definition) is 1. The molecule has 0 unspecified atom stereocenters. The van der Waals surface area contributed by atoms with Crippen molar-refractivity contribution in [3.05, 3.63) is 24.3 Å². The first-order chi connectivity index (χ1) is 8.42. The second-order valence-electron chi connectivity index (χ2n) is 4.28. The van der Waals surface area contributed by atoms with Gasteiger partial charge in [0, 0.05) is 42.9 Å². The first-order valence-corrected chi connectivity index (χ1v) is 6.74. The quantitative estimate of drug-likeness (QED) is 0.797. The third-order valence-electron chi connectivity index (χ3n) is 2.78. The molecular formula is C11H15N5S. The lowest BCUT2D eigenvalue weighted by atomic mass is 10.4. The molecule has 2 aromatic heterocycles. The molecular weight excluding hydrogens is 234 g/mol. The van der Waals surface area contributed by atoms with Gasteiger partial charge in [-0.2, -0.15) is 9.47 Å². The maximum atomic E-state index is 4.48. The van der Waals surface area contributed by atoms with Crippen LogP contribution < -0.4 is 5.32 Å². The number of nitrogens with zero attached hydrogens (tertiary/aromatic N) is 4. The number of hydrogen-bond acceptors (Lipinski definition) is 5. The molecule has 5 nitrogen and oxygen atoms in total. The number of aryl methyl sites for hydroxylation is 1. The molecule has 1 saturated carbocycles. The number of nitrogens with one attached hydrogen (secondary N) is 1. The summed E-state index contributed by atoms with van der Waals surface area (Å²) < 4.78 is 6.30. The predicted octanol–water partition coefficient (Wildman–Crippen LogP) is 2.11. The molecule has 0 aromatic carbocycles. The number of aromatic nitrogens is 4. The fourth-order valence-corrected chi connectivity index (χ4v) is 2.35. The topological polar surface area (TPSA) is 55.6 Å². The van der Waals surface area contributed by atoms with Gasteiger partial charge in [-0.3, -0.25) is 4.68 Å². The fourth-order valence-electron chi connectivity index (χ4n) is 1.68. The van der Waals surface area contributed by atoms with E-state index in [1.54, 1.807) is 6.20 Å². The van der Waals surface area contributed by atoms with E-state index >= 15 is 0 Å². The highest BCUT2D eigenvalue weighted by molar-refractivity contribution is 7.09. The zero-order valence-corrected chi connectivity index (χ0v) is 10.4. The van der Waals surface area contributed by atoms with Crippen molar-refractivity contribution in [1.29, 1.82) is 0 Å². The Hall–Kier alpha value is -1.43. The standard InChI is InChI=1S/C11H15N5S/c1(7-16-8-2-6-13-16)5-12-11-14-10(15-17-11)9-3-4-9/h2,6,8-9H,1,3-5,7H2,(H,12,14,15). The van der Waals surface area contributed by atoms with Gasteiger partial charge in [0.25, 0.3) is 0 Å². The van der Waals surface area contributed by atoms with E-state index in [4.69, 9.17) is 0 Å². The zero-order valence-electron chi connectivity index (χ0n) is 9.54. The first-order valence-electron chi connectivity index (χ1n) is 5.97. The molecule has 0 amide bonds. The Balaban J connectivity index is 1.41. The summed E-state index contributed by atoms with van der Waals surface area (Å²) in [5.41, 5.74) is 0. The molecule has 0 aliphatic heterocycles. The average Bonchev–Trinajstić information content (AvgIpc) is 2.89. The maximum absolute atomic E-state index is 4.48. The van der Waals surface area contributed by atoms with Crippen LogP contribution in [0, 0.1) is 0 Å². The normalized spacial score (nSPS) is 15.1. The smallest absolute Gasteiger partial charge is 0.202 e. The third kappa shape index (κ3) is 2.82. The summed E-state index contributed by atoms with van der Waals surface area (Å²) in [6.07, 6.45) is 7.35. The summed E-state index contributed by atoms with van der Waals surface area (Å²) in [7, 11) is 0. The molecule has 90 valence electrons. The van der Waals surface area contributed by atoms with E-state index in [9.17, 15) is 0 Å². The van der Waals surface area contributed by atoms with E-state index in [0.29, 0.717) is 5.92 Å². The molecule has 1 aliphatic rings. The first kappa shape index (κ1) is 10.7. The van der Waals surface area contributed by atoms with Crippen LogP contribution in [0.3, 0.4) is 0 Å². The molecule has 0 radical (unpaired) electrons. The van der Waals surface area contributed by atoms with Gasteiger partial charge < -0.3 is 5.32 Å².